The number of hydrogen-bond donors (Lipinski definition) is 1. The predicted molar refractivity (Wildman–Crippen MR) is 61.8 cm³/mol. The summed E-state index contributed by atoms with van der Waals surface area (Å²) in [4.78, 5) is 26.9. The number of aliphatic carboxylic acids is 1. The minimum absolute atomic E-state index is 0.161. The van der Waals surface area contributed by atoms with Crippen molar-refractivity contribution in [3.05, 3.63) is 29.6 Å². The monoisotopic (exact) mass is 233 g/mol. The summed E-state index contributed by atoms with van der Waals surface area (Å²) in [5.74, 6) is -0.673. The lowest BCUT2D eigenvalue weighted by atomic mass is 9.68. The molecule has 0 aromatic carbocycles. The summed E-state index contributed by atoms with van der Waals surface area (Å²) >= 11 is 0. The Hall–Kier alpha value is -1.71. The molecule has 1 aliphatic carbocycles. The Morgan fingerprint density at radius 1 is 1.41 bits per heavy atom. The van der Waals surface area contributed by atoms with E-state index in [0.717, 1.165) is 11.1 Å². The lowest BCUT2D eigenvalue weighted by Gasteiger charge is -2.34. The summed E-state index contributed by atoms with van der Waals surface area (Å²) in [6.45, 7) is 1.86. The Morgan fingerprint density at radius 2 is 2.06 bits per heavy atom. The van der Waals surface area contributed by atoms with Gasteiger partial charge in [0, 0.05) is 25.2 Å². The van der Waals surface area contributed by atoms with Crippen LogP contribution < -0.4 is 0 Å². The van der Waals surface area contributed by atoms with E-state index in [1.807, 2.05) is 6.92 Å². The van der Waals surface area contributed by atoms with E-state index >= 15 is 0 Å². The molecular weight excluding hydrogens is 218 g/mol. The van der Waals surface area contributed by atoms with Crippen molar-refractivity contribution < 1.29 is 14.7 Å². The molecule has 90 valence electrons. The van der Waals surface area contributed by atoms with Crippen molar-refractivity contribution in [2.45, 2.75) is 38.0 Å². The van der Waals surface area contributed by atoms with Crippen LogP contribution in [0, 0.1) is 6.92 Å². The minimum Gasteiger partial charge on any atom is -0.481 e. The van der Waals surface area contributed by atoms with Gasteiger partial charge in [0.1, 0.15) is 5.78 Å². The maximum atomic E-state index is 11.6. The highest BCUT2D eigenvalue weighted by Gasteiger charge is 2.43. The van der Waals surface area contributed by atoms with E-state index in [1.165, 1.54) is 0 Å². The molecule has 0 spiro atoms. The molecular formula is C13H15NO3. The van der Waals surface area contributed by atoms with E-state index in [4.69, 9.17) is 0 Å². The first-order chi connectivity index (χ1) is 8.06. The van der Waals surface area contributed by atoms with Crippen LogP contribution in [0.2, 0.25) is 0 Å². The normalized spacial score (nSPS) is 19.0. The zero-order valence-electron chi connectivity index (χ0n) is 9.77. The zero-order valence-corrected chi connectivity index (χ0v) is 9.77. The highest BCUT2D eigenvalue weighted by atomic mass is 16.4. The van der Waals surface area contributed by atoms with Crippen LogP contribution in [0.5, 0.6) is 0 Å². The molecule has 1 saturated carbocycles. The molecule has 0 aliphatic heterocycles. The Kier molecular flexibility index (Phi) is 2.96. The molecule has 1 aromatic rings. The van der Waals surface area contributed by atoms with Gasteiger partial charge in [0.05, 0.1) is 5.41 Å². The second-order valence-corrected chi connectivity index (χ2v) is 4.62. The van der Waals surface area contributed by atoms with Crippen LogP contribution in [0.25, 0.3) is 0 Å². The van der Waals surface area contributed by atoms with Crippen LogP contribution in [0.1, 0.15) is 36.8 Å². The average molecular weight is 233 g/mol. The summed E-state index contributed by atoms with van der Waals surface area (Å²) in [6.07, 6.45) is 4.79. The van der Waals surface area contributed by atoms with Gasteiger partial charge >= 0.3 is 5.97 Å². The highest BCUT2D eigenvalue weighted by molar-refractivity contribution is 5.87. The van der Waals surface area contributed by atoms with E-state index in [1.54, 1.807) is 18.5 Å². The minimum atomic E-state index is -0.902. The number of nitrogens with zero attached hydrogens (tertiary/aromatic N) is 1. The number of aromatic nitrogens is 1. The molecule has 1 heterocycles. The molecule has 0 saturated heterocycles. The van der Waals surface area contributed by atoms with Crippen LogP contribution in [-0.4, -0.2) is 21.8 Å². The zero-order chi connectivity index (χ0) is 12.5. The summed E-state index contributed by atoms with van der Waals surface area (Å²) in [6, 6.07) is 1.76. The number of rotatable bonds is 2. The summed E-state index contributed by atoms with van der Waals surface area (Å²) in [5.41, 5.74) is 0.776. The van der Waals surface area contributed by atoms with Gasteiger partial charge in [0.25, 0.3) is 0 Å². The van der Waals surface area contributed by atoms with Gasteiger partial charge in [-0.1, -0.05) is 0 Å². The second kappa shape index (κ2) is 4.28. The first-order valence-electron chi connectivity index (χ1n) is 5.72. The Labute approximate surface area is 99.7 Å². The number of ketones is 1. The van der Waals surface area contributed by atoms with Gasteiger partial charge < -0.3 is 5.11 Å². The fourth-order valence-electron chi connectivity index (χ4n) is 2.56. The molecule has 1 aliphatic rings. The molecule has 0 unspecified atom stereocenters. The van der Waals surface area contributed by atoms with Crippen molar-refractivity contribution >= 4 is 11.8 Å². The summed E-state index contributed by atoms with van der Waals surface area (Å²) < 4.78 is 0. The van der Waals surface area contributed by atoms with E-state index in [2.05, 4.69) is 4.98 Å². The van der Waals surface area contributed by atoms with E-state index in [9.17, 15) is 14.7 Å². The molecule has 4 heteroatoms. The number of carboxylic acids is 1. The molecule has 1 N–H and O–H groups in total. The Bertz CT molecular complexity index is 457. The summed E-state index contributed by atoms with van der Waals surface area (Å²) in [5, 5.41) is 9.52. The lowest BCUT2D eigenvalue weighted by Crippen LogP contribution is -2.40. The van der Waals surface area contributed by atoms with Crippen molar-refractivity contribution in [3.63, 3.8) is 0 Å². The molecule has 0 atom stereocenters. The number of carboxylic acid groups (broad SMARTS) is 1. The first-order valence-corrected chi connectivity index (χ1v) is 5.72. The maximum absolute atomic E-state index is 11.6. The molecule has 0 bridgehead atoms. The third kappa shape index (κ3) is 1.95. The topological polar surface area (TPSA) is 67.3 Å². The number of aryl methyl sites for hydroxylation is 1. The van der Waals surface area contributed by atoms with Gasteiger partial charge in [0.15, 0.2) is 0 Å². The molecule has 2 rings (SSSR count). The lowest BCUT2D eigenvalue weighted by molar-refractivity contribution is -0.146. The number of Topliss-reactive ketones (excluding diaryl/α,β-unsaturated/α-hetero) is 1. The number of hydrogen-bond acceptors (Lipinski definition) is 3. The molecule has 4 nitrogen and oxygen atoms in total. The number of pyridine rings is 1. The van der Waals surface area contributed by atoms with Gasteiger partial charge in [-0.25, -0.2) is 0 Å². The van der Waals surface area contributed by atoms with Gasteiger partial charge in [0.2, 0.25) is 0 Å². The van der Waals surface area contributed by atoms with E-state index in [-0.39, 0.29) is 5.78 Å². The fourth-order valence-corrected chi connectivity index (χ4v) is 2.56. The van der Waals surface area contributed by atoms with E-state index < -0.39 is 11.4 Å². The number of carbonyl (C=O) groups excluding carboxylic acids is 1. The largest absolute Gasteiger partial charge is 0.481 e. The predicted octanol–water partition coefficient (Wildman–Crippen LogP) is 1.86. The molecule has 1 fully saturated rings. The SMILES string of the molecule is Cc1cnccc1C1(C(=O)O)CCC(=O)CC1. The number of carbonyl (C=O) groups is 2. The van der Waals surface area contributed by atoms with Gasteiger partial charge in [-0.15, -0.1) is 0 Å². The van der Waals surface area contributed by atoms with Crippen LogP contribution >= 0.6 is 0 Å². The van der Waals surface area contributed by atoms with Crippen molar-refractivity contribution in [1.82, 2.24) is 4.98 Å². The molecule has 0 radical (unpaired) electrons. The molecule has 1 aromatic heterocycles. The van der Waals surface area contributed by atoms with Crippen LogP contribution in [0.15, 0.2) is 18.5 Å². The Balaban J connectivity index is 2.46. The fraction of sp³-hybridized carbons (Fsp3) is 0.462. The highest BCUT2D eigenvalue weighted by Crippen LogP contribution is 2.39. The van der Waals surface area contributed by atoms with Crippen LogP contribution in [0.4, 0.5) is 0 Å². The van der Waals surface area contributed by atoms with Gasteiger partial charge in [-0.2, -0.15) is 0 Å². The van der Waals surface area contributed by atoms with Crippen LogP contribution in [0.3, 0.4) is 0 Å². The quantitative estimate of drug-likeness (QED) is 0.846. The van der Waals surface area contributed by atoms with Crippen molar-refractivity contribution in [3.8, 4) is 0 Å². The first kappa shape index (κ1) is 11.8. The smallest absolute Gasteiger partial charge is 0.314 e. The molecule has 17 heavy (non-hydrogen) atoms. The maximum Gasteiger partial charge on any atom is 0.314 e. The standard InChI is InChI=1S/C13H15NO3/c1-9-8-14-7-4-11(9)13(12(16)17)5-2-10(15)3-6-13/h4,7-8H,2-3,5-6H2,1H3,(H,16,17). The second-order valence-electron chi connectivity index (χ2n) is 4.62. The van der Waals surface area contributed by atoms with Crippen molar-refractivity contribution in [2.75, 3.05) is 0 Å². The third-order valence-electron chi connectivity index (χ3n) is 3.61. The van der Waals surface area contributed by atoms with E-state index in [0.29, 0.717) is 25.7 Å². The van der Waals surface area contributed by atoms with Gasteiger partial charge in [-0.05, 0) is 37.0 Å². The van der Waals surface area contributed by atoms with Crippen LogP contribution in [-0.2, 0) is 15.0 Å². The van der Waals surface area contributed by atoms with Crippen molar-refractivity contribution in [2.24, 2.45) is 0 Å². The third-order valence-corrected chi connectivity index (χ3v) is 3.61. The molecule has 0 amide bonds. The Morgan fingerprint density at radius 3 is 2.59 bits per heavy atom. The van der Waals surface area contributed by atoms with Crippen molar-refractivity contribution in [1.29, 1.82) is 0 Å². The average Bonchev–Trinajstić information content (AvgIpc) is 2.31. The van der Waals surface area contributed by atoms with Gasteiger partial charge in [-0.3, -0.25) is 14.6 Å². The summed E-state index contributed by atoms with van der Waals surface area (Å²) in [7, 11) is 0.